The molecule has 0 unspecified atom stereocenters. The summed E-state index contributed by atoms with van der Waals surface area (Å²) in [4.78, 5) is 0. The van der Waals surface area contributed by atoms with Crippen LogP contribution in [0, 0.1) is 16.7 Å². The molecule has 0 bridgehead atoms. The summed E-state index contributed by atoms with van der Waals surface area (Å²) in [5.41, 5.74) is 0.519. The molecule has 2 aliphatic carbocycles. The molecule has 0 atom stereocenters. The van der Waals surface area contributed by atoms with Crippen molar-refractivity contribution in [2.24, 2.45) is 5.41 Å². The van der Waals surface area contributed by atoms with E-state index < -0.39 is 0 Å². The van der Waals surface area contributed by atoms with Gasteiger partial charge in [0.25, 0.3) is 0 Å². The number of hydrogen-bond donors (Lipinski definition) is 0. The molecule has 0 saturated heterocycles. The summed E-state index contributed by atoms with van der Waals surface area (Å²) in [5, 5.41) is 10.4. The van der Waals surface area contributed by atoms with E-state index in [0.717, 1.165) is 5.25 Å². The van der Waals surface area contributed by atoms with Crippen LogP contribution in [0.3, 0.4) is 0 Å². The number of hydrogen-bond acceptors (Lipinski definition) is 2. The topological polar surface area (TPSA) is 23.8 Å². The van der Waals surface area contributed by atoms with Gasteiger partial charge >= 0.3 is 0 Å². The van der Waals surface area contributed by atoms with Crippen molar-refractivity contribution >= 4 is 11.8 Å². The van der Waals surface area contributed by atoms with Gasteiger partial charge in [0.05, 0.1) is 6.07 Å². The van der Waals surface area contributed by atoms with Gasteiger partial charge in [-0.2, -0.15) is 5.26 Å². The van der Waals surface area contributed by atoms with Crippen LogP contribution in [0.25, 0.3) is 0 Å². The molecule has 2 rings (SSSR count). The van der Waals surface area contributed by atoms with Gasteiger partial charge in [0.1, 0.15) is 4.75 Å². The average molecular weight is 265 g/mol. The van der Waals surface area contributed by atoms with E-state index in [2.05, 4.69) is 19.9 Å². The molecule has 2 aliphatic rings. The summed E-state index contributed by atoms with van der Waals surface area (Å²) in [6.07, 6.45) is 13.0. The largest absolute Gasteiger partial charge is 0.197 e. The quantitative estimate of drug-likeness (QED) is 0.650. The van der Waals surface area contributed by atoms with Gasteiger partial charge < -0.3 is 0 Å². The Kier molecular flexibility index (Phi) is 4.64. The zero-order valence-corrected chi connectivity index (χ0v) is 12.8. The lowest BCUT2D eigenvalue weighted by Gasteiger charge is -2.53. The molecule has 102 valence electrons. The first-order valence-electron chi connectivity index (χ1n) is 7.77. The highest BCUT2D eigenvalue weighted by Gasteiger charge is 2.55. The Morgan fingerprint density at radius 3 is 2.11 bits per heavy atom. The van der Waals surface area contributed by atoms with Gasteiger partial charge in [-0.15, -0.1) is 11.8 Å². The van der Waals surface area contributed by atoms with E-state index in [1.54, 1.807) is 0 Å². The highest BCUT2D eigenvalue weighted by molar-refractivity contribution is 8.01. The fourth-order valence-electron chi connectivity index (χ4n) is 4.21. The Hall–Kier alpha value is -0.160. The minimum Gasteiger partial charge on any atom is -0.197 e. The predicted octanol–water partition coefficient (Wildman–Crippen LogP) is 5.30. The van der Waals surface area contributed by atoms with Crippen molar-refractivity contribution in [1.29, 1.82) is 5.26 Å². The van der Waals surface area contributed by atoms with Gasteiger partial charge in [0.2, 0.25) is 0 Å². The summed E-state index contributed by atoms with van der Waals surface area (Å²) >= 11 is 2.03. The number of nitriles is 1. The van der Waals surface area contributed by atoms with Gasteiger partial charge in [0.15, 0.2) is 0 Å². The summed E-state index contributed by atoms with van der Waals surface area (Å²) in [7, 11) is 0. The molecule has 0 aromatic heterocycles. The van der Waals surface area contributed by atoms with Gasteiger partial charge in [-0.05, 0) is 43.9 Å². The van der Waals surface area contributed by atoms with E-state index in [4.69, 9.17) is 0 Å². The van der Waals surface area contributed by atoms with Crippen molar-refractivity contribution in [3.8, 4) is 6.07 Å². The SMILES string of the molecule is CCCC1(CCC)CC(C#N)(SC2CCCC2)C1. The molecule has 0 N–H and O–H groups in total. The zero-order chi connectivity index (χ0) is 13.1. The molecule has 0 spiro atoms. The highest BCUT2D eigenvalue weighted by Crippen LogP contribution is 2.61. The Bertz CT molecular complexity index is 298. The molecule has 0 radical (unpaired) electrons. The van der Waals surface area contributed by atoms with Gasteiger partial charge in [-0.3, -0.25) is 0 Å². The minimum atomic E-state index is -0.0145. The molecule has 0 aromatic rings. The monoisotopic (exact) mass is 265 g/mol. The fourth-order valence-corrected chi connectivity index (χ4v) is 6.25. The van der Waals surface area contributed by atoms with Crippen LogP contribution in [-0.2, 0) is 0 Å². The third-order valence-corrected chi connectivity index (χ3v) is 6.42. The molecule has 0 aliphatic heterocycles. The van der Waals surface area contributed by atoms with Crippen molar-refractivity contribution in [2.75, 3.05) is 0 Å². The maximum atomic E-state index is 9.59. The van der Waals surface area contributed by atoms with Crippen LogP contribution in [0.1, 0.15) is 78.1 Å². The number of rotatable bonds is 6. The van der Waals surface area contributed by atoms with Crippen molar-refractivity contribution in [3.05, 3.63) is 0 Å². The molecule has 18 heavy (non-hydrogen) atoms. The second kappa shape index (κ2) is 5.87. The van der Waals surface area contributed by atoms with Crippen LogP contribution in [0.5, 0.6) is 0 Å². The van der Waals surface area contributed by atoms with Crippen molar-refractivity contribution in [2.45, 2.75) is 88.1 Å². The first-order chi connectivity index (χ1) is 8.67. The normalized spacial score (nSPS) is 25.6. The number of nitrogens with zero attached hydrogens (tertiary/aromatic N) is 1. The standard InChI is InChI=1S/C16H27NS/c1-3-9-15(10-4-2)11-16(12-15,13-17)18-14-7-5-6-8-14/h14H,3-12H2,1-2H3. The molecule has 2 saturated carbocycles. The average Bonchev–Trinajstić information content (AvgIpc) is 2.80. The van der Waals surface area contributed by atoms with Crippen molar-refractivity contribution in [1.82, 2.24) is 0 Å². The molecule has 0 heterocycles. The molecule has 0 aromatic carbocycles. The van der Waals surface area contributed by atoms with Crippen LogP contribution < -0.4 is 0 Å². The van der Waals surface area contributed by atoms with E-state index in [9.17, 15) is 5.26 Å². The smallest absolute Gasteiger partial charge is 0.104 e. The lowest BCUT2D eigenvalue weighted by molar-refractivity contribution is 0.0828. The van der Waals surface area contributed by atoms with E-state index in [1.807, 2.05) is 11.8 Å². The van der Waals surface area contributed by atoms with E-state index in [-0.39, 0.29) is 4.75 Å². The third kappa shape index (κ3) is 2.87. The zero-order valence-electron chi connectivity index (χ0n) is 12.0. The summed E-state index contributed by atoms with van der Waals surface area (Å²) in [5.74, 6) is 0. The van der Waals surface area contributed by atoms with Gasteiger partial charge in [0, 0.05) is 5.25 Å². The fraction of sp³-hybridized carbons (Fsp3) is 0.938. The van der Waals surface area contributed by atoms with Crippen molar-refractivity contribution < 1.29 is 0 Å². The van der Waals surface area contributed by atoms with Crippen molar-refractivity contribution in [3.63, 3.8) is 0 Å². The maximum absolute atomic E-state index is 9.59. The first-order valence-corrected chi connectivity index (χ1v) is 8.65. The van der Waals surface area contributed by atoms with Gasteiger partial charge in [-0.1, -0.05) is 39.5 Å². The van der Waals surface area contributed by atoms with E-state index in [1.165, 1.54) is 64.2 Å². The lowest BCUT2D eigenvalue weighted by Crippen LogP contribution is -2.49. The second-order valence-electron chi connectivity index (χ2n) is 6.48. The Morgan fingerprint density at radius 2 is 1.67 bits per heavy atom. The summed E-state index contributed by atoms with van der Waals surface area (Å²) < 4.78 is -0.0145. The Balaban J connectivity index is 1.94. The summed E-state index contributed by atoms with van der Waals surface area (Å²) in [6, 6.07) is 2.68. The van der Waals surface area contributed by atoms with Crippen LogP contribution in [0.15, 0.2) is 0 Å². The molecular formula is C16H27NS. The van der Waals surface area contributed by atoms with Crippen LogP contribution >= 0.6 is 11.8 Å². The number of thioether (sulfide) groups is 1. The molecule has 2 fully saturated rings. The highest BCUT2D eigenvalue weighted by atomic mass is 32.2. The van der Waals surface area contributed by atoms with Crippen LogP contribution in [0.4, 0.5) is 0 Å². The predicted molar refractivity (Wildman–Crippen MR) is 79.7 cm³/mol. The first kappa shape index (κ1) is 14.3. The minimum absolute atomic E-state index is 0.0145. The lowest BCUT2D eigenvalue weighted by atomic mass is 9.58. The third-order valence-electron chi connectivity index (χ3n) is 4.78. The van der Waals surface area contributed by atoms with E-state index >= 15 is 0 Å². The Labute approximate surface area is 117 Å². The van der Waals surface area contributed by atoms with Crippen LogP contribution in [-0.4, -0.2) is 10.00 Å². The maximum Gasteiger partial charge on any atom is 0.104 e. The van der Waals surface area contributed by atoms with Gasteiger partial charge in [-0.25, -0.2) is 0 Å². The summed E-state index contributed by atoms with van der Waals surface area (Å²) in [6.45, 7) is 4.57. The molecule has 2 heteroatoms. The second-order valence-corrected chi connectivity index (χ2v) is 8.17. The van der Waals surface area contributed by atoms with E-state index in [0.29, 0.717) is 5.41 Å². The molecule has 1 nitrogen and oxygen atoms in total. The Morgan fingerprint density at radius 1 is 1.11 bits per heavy atom. The van der Waals surface area contributed by atoms with Crippen LogP contribution in [0.2, 0.25) is 0 Å². The molecular weight excluding hydrogens is 238 g/mol. The molecule has 0 amide bonds.